The summed E-state index contributed by atoms with van der Waals surface area (Å²) < 4.78 is 109. The highest BCUT2D eigenvalue weighted by atomic mass is 32.2. The standard InChI is InChI=1S/C34H42O11S3/c1-2-3-4-5-6-7-8-9-10-11-12-13-14-15-16-17-32(35)45-28-22-29(46(36,37)38)25-20-21-27-31(48(42,43)44)23-30(47(39,40)41)26-19-18-24(28)33(25)34(26)27/h9-10,18-23H,2-8,11-17H2,1H3,(H,36,37,38)(H,39,40,41)(H,42,43,44)/b10-9+. The number of allylic oxidation sites excluding steroid dienone is 2. The Morgan fingerprint density at radius 3 is 1.46 bits per heavy atom. The molecular formula is C34H42O11S3. The zero-order valence-corrected chi connectivity index (χ0v) is 29.3. The summed E-state index contributed by atoms with van der Waals surface area (Å²) in [5.74, 6) is -0.922. The topological polar surface area (TPSA) is 189 Å². The molecule has 14 heteroatoms. The molecule has 11 nitrogen and oxygen atoms in total. The molecule has 0 bridgehead atoms. The second-order valence-corrected chi connectivity index (χ2v) is 16.2. The van der Waals surface area contributed by atoms with Crippen LogP contribution in [0.1, 0.15) is 96.8 Å². The van der Waals surface area contributed by atoms with Crippen LogP contribution >= 0.6 is 0 Å². The van der Waals surface area contributed by atoms with Gasteiger partial charge >= 0.3 is 5.97 Å². The van der Waals surface area contributed by atoms with Crippen molar-refractivity contribution in [2.75, 3.05) is 0 Å². The number of esters is 1. The highest BCUT2D eigenvalue weighted by molar-refractivity contribution is 7.87. The van der Waals surface area contributed by atoms with Gasteiger partial charge in [0.1, 0.15) is 20.4 Å². The van der Waals surface area contributed by atoms with E-state index < -0.39 is 51.0 Å². The normalized spacial score (nSPS) is 13.0. The van der Waals surface area contributed by atoms with Crippen molar-refractivity contribution in [1.82, 2.24) is 0 Å². The highest BCUT2D eigenvalue weighted by Crippen LogP contribution is 2.45. The first-order valence-corrected chi connectivity index (χ1v) is 20.5. The molecule has 0 aliphatic carbocycles. The minimum absolute atomic E-state index is 0.0289. The maximum atomic E-state index is 12.9. The van der Waals surface area contributed by atoms with Crippen LogP contribution in [0.2, 0.25) is 0 Å². The molecule has 0 aliphatic rings. The molecule has 0 atom stereocenters. The number of hydrogen-bond donors (Lipinski definition) is 3. The molecule has 4 rings (SSSR count). The number of carbonyl (C=O) groups excluding carboxylic acids is 1. The van der Waals surface area contributed by atoms with E-state index in [0.717, 1.165) is 50.7 Å². The lowest BCUT2D eigenvalue weighted by atomic mass is 9.93. The average Bonchev–Trinajstić information content (AvgIpc) is 3.00. The predicted octanol–water partition coefficient (Wildman–Crippen LogP) is 8.27. The summed E-state index contributed by atoms with van der Waals surface area (Å²) in [7, 11) is -15.0. The highest BCUT2D eigenvalue weighted by Gasteiger charge is 2.28. The fourth-order valence-corrected chi connectivity index (χ4v) is 8.31. The number of carbonyl (C=O) groups is 1. The smallest absolute Gasteiger partial charge is 0.311 e. The van der Waals surface area contributed by atoms with Gasteiger partial charge < -0.3 is 4.74 Å². The van der Waals surface area contributed by atoms with Gasteiger partial charge in [0.15, 0.2) is 0 Å². The molecule has 0 heterocycles. The summed E-state index contributed by atoms with van der Waals surface area (Å²) in [4.78, 5) is 10.5. The molecule has 0 saturated carbocycles. The molecule has 0 amide bonds. The van der Waals surface area contributed by atoms with Crippen molar-refractivity contribution < 1.29 is 48.4 Å². The number of rotatable bonds is 19. The van der Waals surface area contributed by atoms with E-state index in [1.54, 1.807) is 0 Å². The van der Waals surface area contributed by atoms with Crippen molar-refractivity contribution >= 4 is 68.6 Å². The zero-order valence-electron chi connectivity index (χ0n) is 26.9. The van der Waals surface area contributed by atoms with Crippen molar-refractivity contribution in [3.8, 4) is 5.75 Å². The van der Waals surface area contributed by atoms with E-state index in [1.807, 2.05) is 0 Å². The van der Waals surface area contributed by atoms with Gasteiger partial charge in [0.05, 0.1) is 0 Å². The van der Waals surface area contributed by atoms with Crippen molar-refractivity contribution in [2.24, 2.45) is 0 Å². The first kappa shape index (κ1) is 37.7. The zero-order chi connectivity index (χ0) is 35.1. The molecule has 48 heavy (non-hydrogen) atoms. The van der Waals surface area contributed by atoms with Crippen LogP contribution in [0.15, 0.2) is 63.2 Å². The molecular weight excluding hydrogens is 681 g/mol. The predicted molar refractivity (Wildman–Crippen MR) is 185 cm³/mol. The van der Waals surface area contributed by atoms with Crippen molar-refractivity contribution in [3.05, 3.63) is 48.6 Å². The molecule has 0 spiro atoms. The van der Waals surface area contributed by atoms with E-state index in [-0.39, 0.29) is 44.5 Å². The Balaban J connectivity index is 1.48. The summed E-state index contributed by atoms with van der Waals surface area (Å²) >= 11 is 0. The third-order valence-corrected chi connectivity index (χ3v) is 11.1. The second kappa shape index (κ2) is 16.0. The van der Waals surface area contributed by atoms with Crippen molar-refractivity contribution in [1.29, 1.82) is 0 Å². The molecule has 0 unspecified atom stereocenters. The maximum absolute atomic E-state index is 12.9. The van der Waals surface area contributed by atoms with Crippen molar-refractivity contribution in [3.63, 3.8) is 0 Å². The van der Waals surface area contributed by atoms with Gasteiger partial charge in [-0.3, -0.25) is 18.5 Å². The minimum Gasteiger partial charge on any atom is -0.426 e. The fraction of sp³-hybridized carbons (Fsp3) is 0.441. The fourth-order valence-electron chi connectivity index (χ4n) is 6.10. The number of ether oxygens (including phenoxy) is 1. The summed E-state index contributed by atoms with van der Waals surface area (Å²) in [6.07, 6.45) is 18.6. The Hall–Kier alpha value is -3.14. The quantitative estimate of drug-likeness (QED) is 0.0211. The van der Waals surface area contributed by atoms with Gasteiger partial charge in [-0.2, -0.15) is 25.3 Å². The summed E-state index contributed by atoms with van der Waals surface area (Å²) in [6, 6.07) is 6.49. The van der Waals surface area contributed by atoms with Crippen LogP contribution in [0.25, 0.3) is 32.3 Å². The summed E-state index contributed by atoms with van der Waals surface area (Å²) in [5, 5.41) is -0.585. The average molecular weight is 723 g/mol. The van der Waals surface area contributed by atoms with Gasteiger partial charge in [-0.15, -0.1) is 0 Å². The lowest BCUT2D eigenvalue weighted by Crippen LogP contribution is -2.10. The van der Waals surface area contributed by atoms with Crippen LogP contribution in [-0.4, -0.2) is 44.9 Å². The van der Waals surface area contributed by atoms with Crippen LogP contribution < -0.4 is 4.74 Å². The molecule has 0 aliphatic heterocycles. The molecule has 0 saturated heterocycles. The monoisotopic (exact) mass is 722 g/mol. The van der Waals surface area contributed by atoms with Gasteiger partial charge in [-0.1, -0.05) is 88.6 Å². The summed E-state index contributed by atoms with van der Waals surface area (Å²) in [5.41, 5.74) is 0. The Labute approximate surface area is 281 Å². The first-order valence-electron chi connectivity index (χ1n) is 16.2. The largest absolute Gasteiger partial charge is 0.426 e. The lowest BCUT2D eigenvalue weighted by Gasteiger charge is -2.18. The van der Waals surface area contributed by atoms with Crippen molar-refractivity contribution in [2.45, 2.75) is 112 Å². The molecule has 262 valence electrons. The lowest BCUT2D eigenvalue weighted by molar-refractivity contribution is -0.134. The second-order valence-electron chi connectivity index (χ2n) is 12.1. The van der Waals surface area contributed by atoms with Crippen LogP contribution in [0.5, 0.6) is 5.75 Å². The third-order valence-electron chi connectivity index (χ3n) is 8.45. The molecule has 0 aromatic heterocycles. The number of unbranched alkanes of at least 4 members (excludes halogenated alkanes) is 11. The number of hydrogen-bond acceptors (Lipinski definition) is 8. The van der Waals surface area contributed by atoms with Gasteiger partial charge in [-0.05, 0) is 44.2 Å². The minimum atomic E-state index is -5.04. The summed E-state index contributed by atoms with van der Waals surface area (Å²) in [6.45, 7) is 2.21. The third kappa shape index (κ3) is 9.30. The van der Waals surface area contributed by atoms with E-state index in [1.165, 1.54) is 56.7 Å². The van der Waals surface area contributed by atoms with Gasteiger partial charge in [0, 0.05) is 44.8 Å². The van der Waals surface area contributed by atoms with E-state index in [2.05, 4.69) is 19.1 Å². The Morgan fingerprint density at radius 1 is 0.583 bits per heavy atom. The maximum Gasteiger partial charge on any atom is 0.311 e. The van der Waals surface area contributed by atoms with E-state index in [0.29, 0.717) is 12.5 Å². The van der Waals surface area contributed by atoms with E-state index in [9.17, 15) is 43.7 Å². The van der Waals surface area contributed by atoms with E-state index >= 15 is 0 Å². The number of benzene rings is 4. The molecule has 3 N–H and O–H groups in total. The van der Waals surface area contributed by atoms with Crippen LogP contribution in [0.4, 0.5) is 0 Å². The Morgan fingerprint density at radius 2 is 0.979 bits per heavy atom. The van der Waals surface area contributed by atoms with Crippen LogP contribution in [0, 0.1) is 0 Å². The first-order chi connectivity index (χ1) is 22.6. The Bertz CT molecular complexity index is 2070. The molecule has 0 radical (unpaired) electrons. The van der Waals surface area contributed by atoms with Gasteiger partial charge in [-0.25, -0.2) is 0 Å². The molecule has 4 aromatic carbocycles. The van der Waals surface area contributed by atoms with Gasteiger partial charge in [0.25, 0.3) is 30.4 Å². The SMILES string of the molecule is CCCCCCCC/C=C/CCCCCCCC(=O)Oc1cc(S(=O)(=O)O)c2ccc3c(S(=O)(=O)O)cc(S(=O)(=O)O)c4ccc1c2c43. The molecule has 4 aromatic rings. The van der Waals surface area contributed by atoms with Gasteiger partial charge in [0.2, 0.25) is 0 Å². The van der Waals surface area contributed by atoms with Crippen LogP contribution in [-0.2, 0) is 35.1 Å². The van der Waals surface area contributed by atoms with E-state index in [4.69, 9.17) is 4.74 Å². The Kier molecular flexibility index (Phi) is 12.6. The van der Waals surface area contributed by atoms with Crippen LogP contribution in [0.3, 0.4) is 0 Å². The molecule has 0 fully saturated rings.